The average molecular weight is 505 g/mol. The number of nitrogens with two attached hydrogens (primary N) is 1. The molecule has 0 aromatic heterocycles. The van der Waals surface area contributed by atoms with Crippen LogP contribution in [0.2, 0.25) is 0 Å². The Bertz CT molecular complexity index is 977. The van der Waals surface area contributed by atoms with Crippen molar-refractivity contribution in [3.8, 4) is 0 Å². The van der Waals surface area contributed by atoms with Gasteiger partial charge in [0.15, 0.2) is 0 Å². The molecule has 5 atom stereocenters. The number of likely N-dealkylation sites (tertiary alicyclic amines) is 1. The van der Waals surface area contributed by atoms with Crippen LogP contribution in [-0.4, -0.2) is 64.8 Å². The number of nitrogens with zero attached hydrogens (tertiary/aromatic N) is 1. The first kappa shape index (κ1) is 26.4. The number of carbonyl (C=O) groups is 5. The number of amides is 4. The van der Waals surface area contributed by atoms with Gasteiger partial charge in [0.05, 0.1) is 6.04 Å². The Morgan fingerprint density at radius 2 is 1.67 bits per heavy atom. The first-order chi connectivity index (χ1) is 16.5. The Balaban J connectivity index is 1.53. The second-order valence-corrected chi connectivity index (χ2v) is 13.1. The molecule has 0 bridgehead atoms. The molecular formula is C26H40N4O6. The lowest BCUT2D eigenvalue weighted by molar-refractivity contribution is -0.145. The predicted molar refractivity (Wildman–Crippen MR) is 130 cm³/mol. The monoisotopic (exact) mass is 504 g/mol. The summed E-state index contributed by atoms with van der Waals surface area (Å²) in [6.07, 6.45) is 3.17. The molecule has 1 heterocycles. The number of piperidine rings is 1. The van der Waals surface area contributed by atoms with Crippen molar-refractivity contribution in [3.63, 3.8) is 0 Å². The van der Waals surface area contributed by atoms with Gasteiger partial charge in [-0.2, -0.15) is 0 Å². The lowest BCUT2D eigenvalue weighted by atomic mass is 9.85. The van der Waals surface area contributed by atoms with E-state index in [1.807, 2.05) is 27.7 Å². The number of rotatable bonds is 9. The van der Waals surface area contributed by atoms with Crippen LogP contribution in [0.3, 0.4) is 0 Å². The fourth-order valence-electron chi connectivity index (χ4n) is 5.62. The minimum atomic E-state index is -1.08. The van der Waals surface area contributed by atoms with Gasteiger partial charge in [0.1, 0.15) is 17.7 Å². The molecule has 4 aliphatic rings. The number of fused-ring (bicyclic) bond motifs is 1. The Morgan fingerprint density at radius 3 is 2.17 bits per heavy atom. The first-order valence-electron chi connectivity index (χ1n) is 13.0. The number of carbonyl (C=O) groups excluding carboxylic acids is 5. The van der Waals surface area contributed by atoms with E-state index in [9.17, 15) is 24.0 Å². The van der Waals surface area contributed by atoms with Crippen molar-refractivity contribution < 1.29 is 28.7 Å². The standard InChI is InChI=1S/C26H40N4O6/c1-24(2,3)19(29-23(35)36-26(6)9-10-26)22(34)30-12-14-16(25(14,4)5)17(30)21(33)28-15(11-13-7-8-13)18(31)20(27)32/h13-17,19H,7-12H2,1-6H3,(H2,27,32)(H,28,33)(H,29,35). The van der Waals surface area contributed by atoms with Crippen LogP contribution in [0.15, 0.2) is 0 Å². The van der Waals surface area contributed by atoms with E-state index >= 15 is 0 Å². The minimum absolute atomic E-state index is 0.0790. The number of Topliss-reactive ketones (excluding diaryl/α,β-unsaturated/α-hetero) is 1. The zero-order valence-electron chi connectivity index (χ0n) is 22.2. The molecule has 10 heteroatoms. The summed E-state index contributed by atoms with van der Waals surface area (Å²) in [5.41, 5.74) is 3.98. The molecule has 1 aliphatic heterocycles. The van der Waals surface area contributed by atoms with E-state index in [-0.39, 0.29) is 29.1 Å². The van der Waals surface area contributed by atoms with Gasteiger partial charge in [-0.25, -0.2) is 4.79 Å². The summed E-state index contributed by atoms with van der Waals surface area (Å²) >= 11 is 0. The van der Waals surface area contributed by atoms with Crippen molar-refractivity contribution in [2.45, 2.75) is 97.4 Å². The van der Waals surface area contributed by atoms with Crippen LogP contribution in [0.25, 0.3) is 0 Å². The van der Waals surface area contributed by atoms with Crippen LogP contribution in [0.1, 0.15) is 73.6 Å². The van der Waals surface area contributed by atoms with Gasteiger partial charge in [0.2, 0.25) is 17.6 Å². The number of hydrogen-bond acceptors (Lipinski definition) is 6. The van der Waals surface area contributed by atoms with Gasteiger partial charge in [-0.3, -0.25) is 19.2 Å². The molecule has 200 valence electrons. The summed E-state index contributed by atoms with van der Waals surface area (Å²) in [7, 11) is 0. The maximum atomic E-state index is 13.9. The third kappa shape index (κ3) is 5.22. The van der Waals surface area contributed by atoms with E-state index in [1.165, 1.54) is 4.90 Å². The molecule has 4 amide bonds. The molecule has 0 aromatic carbocycles. The van der Waals surface area contributed by atoms with Gasteiger partial charge in [0, 0.05) is 6.54 Å². The van der Waals surface area contributed by atoms with Gasteiger partial charge in [-0.05, 0) is 54.8 Å². The maximum Gasteiger partial charge on any atom is 0.408 e. The fraction of sp³-hybridized carbons (Fsp3) is 0.808. The summed E-state index contributed by atoms with van der Waals surface area (Å²) in [5.74, 6) is -2.38. The molecule has 5 unspecified atom stereocenters. The second-order valence-electron chi connectivity index (χ2n) is 13.1. The van der Waals surface area contributed by atoms with Crippen LogP contribution in [0, 0.1) is 28.6 Å². The normalized spacial score (nSPS) is 28.8. The van der Waals surface area contributed by atoms with Crippen molar-refractivity contribution >= 4 is 29.6 Å². The largest absolute Gasteiger partial charge is 0.443 e. The molecule has 3 saturated carbocycles. The zero-order valence-corrected chi connectivity index (χ0v) is 22.2. The average Bonchev–Trinajstić information content (AvgIpc) is 3.71. The van der Waals surface area contributed by atoms with Gasteiger partial charge >= 0.3 is 6.09 Å². The van der Waals surface area contributed by atoms with Crippen LogP contribution in [0.5, 0.6) is 0 Å². The minimum Gasteiger partial charge on any atom is -0.443 e. The predicted octanol–water partition coefficient (Wildman–Crippen LogP) is 1.50. The zero-order chi connectivity index (χ0) is 26.8. The topological polar surface area (TPSA) is 148 Å². The number of primary amides is 1. The third-order valence-electron chi connectivity index (χ3n) is 8.57. The van der Waals surface area contributed by atoms with E-state index in [0.29, 0.717) is 13.0 Å². The quantitative estimate of drug-likeness (QED) is 0.405. The Kier molecular flexibility index (Phi) is 6.41. The molecule has 0 spiro atoms. The summed E-state index contributed by atoms with van der Waals surface area (Å²) < 4.78 is 5.49. The van der Waals surface area contributed by atoms with E-state index in [1.54, 1.807) is 0 Å². The highest BCUT2D eigenvalue weighted by Gasteiger charge is 2.70. The number of alkyl carbamates (subject to hydrolysis) is 1. The molecule has 10 nitrogen and oxygen atoms in total. The fourth-order valence-corrected chi connectivity index (χ4v) is 5.62. The summed E-state index contributed by atoms with van der Waals surface area (Å²) in [5, 5.41) is 5.50. The van der Waals surface area contributed by atoms with Gasteiger partial charge in [-0.15, -0.1) is 0 Å². The lowest BCUT2D eigenvalue weighted by Gasteiger charge is -2.37. The van der Waals surface area contributed by atoms with Crippen molar-refractivity contribution in [1.82, 2.24) is 15.5 Å². The molecule has 1 saturated heterocycles. The highest BCUT2D eigenvalue weighted by atomic mass is 16.6. The smallest absolute Gasteiger partial charge is 0.408 e. The van der Waals surface area contributed by atoms with Crippen molar-refractivity contribution in [1.29, 1.82) is 0 Å². The summed E-state index contributed by atoms with van der Waals surface area (Å²) in [6, 6.07) is -2.70. The molecule has 4 rings (SSSR count). The van der Waals surface area contributed by atoms with E-state index in [4.69, 9.17) is 10.5 Å². The van der Waals surface area contributed by atoms with Crippen molar-refractivity contribution in [3.05, 3.63) is 0 Å². The number of ketones is 1. The van der Waals surface area contributed by atoms with Gasteiger partial charge < -0.3 is 26.0 Å². The highest BCUT2D eigenvalue weighted by Crippen LogP contribution is 2.65. The van der Waals surface area contributed by atoms with Crippen molar-refractivity contribution in [2.24, 2.45) is 34.3 Å². The second kappa shape index (κ2) is 8.73. The molecule has 4 fully saturated rings. The highest BCUT2D eigenvalue weighted by molar-refractivity contribution is 6.37. The van der Waals surface area contributed by atoms with Crippen molar-refractivity contribution in [2.75, 3.05) is 6.54 Å². The number of nitrogens with one attached hydrogen (secondary N) is 2. The SMILES string of the molecule is CC1(OC(=O)NC(C(=O)N2CC3C(C2C(=O)NC(CC2CC2)C(=O)C(N)=O)C3(C)C)C(C)(C)C)CC1. The number of hydrogen-bond donors (Lipinski definition) is 3. The Hall–Kier alpha value is -2.65. The van der Waals surface area contributed by atoms with E-state index in [0.717, 1.165) is 25.7 Å². The Labute approximate surface area is 212 Å². The van der Waals surface area contributed by atoms with Crippen LogP contribution < -0.4 is 16.4 Å². The molecule has 0 radical (unpaired) electrons. The first-order valence-corrected chi connectivity index (χ1v) is 13.0. The summed E-state index contributed by atoms with van der Waals surface area (Å²) in [6.45, 7) is 11.9. The molecule has 0 aromatic rings. The van der Waals surface area contributed by atoms with Crippen LogP contribution >= 0.6 is 0 Å². The van der Waals surface area contributed by atoms with Gasteiger partial charge in [0.25, 0.3) is 5.91 Å². The van der Waals surface area contributed by atoms with Crippen LogP contribution in [0.4, 0.5) is 4.79 Å². The Morgan fingerprint density at radius 1 is 1.06 bits per heavy atom. The lowest BCUT2D eigenvalue weighted by Crippen LogP contribution is -2.60. The molecule has 4 N–H and O–H groups in total. The van der Waals surface area contributed by atoms with E-state index < -0.39 is 52.8 Å². The molecule has 36 heavy (non-hydrogen) atoms. The molecular weight excluding hydrogens is 464 g/mol. The molecule has 3 aliphatic carbocycles. The van der Waals surface area contributed by atoms with E-state index in [2.05, 4.69) is 24.5 Å². The maximum absolute atomic E-state index is 13.9. The summed E-state index contributed by atoms with van der Waals surface area (Å²) in [4.78, 5) is 65.6. The third-order valence-corrected chi connectivity index (χ3v) is 8.57. The number of ether oxygens (including phenoxy) is 1. The van der Waals surface area contributed by atoms with Crippen LogP contribution in [-0.2, 0) is 23.9 Å². The van der Waals surface area contributed by atoms with Gasteiger partial charge in [-0.1, -0.05) is 47.5 Å².